The average molecular weight is 391 g/mol. The lowest BCUT2D eigenvalue weighted by atomic mass is 10.1. The van der Waals surface area contributed by atoms with E-state index >= 15 is 0 Å². The Bertz CT molecular complexity index is 791. The van der Waals surface area contributed by atoms with Gasteiger partial charge in [0.2, 0.25) is 16.9 Å². The molecule has 2 heterocycles. The minimum Gasteiger partial charge on any atom is -0.312 e. The van der Waals surface area contributed by atoms with Crippen LogP contribution < -0.4 is 10.2 Å². The SMILES string of the molecule is CC[C@@H](C)Sc1nnc(NC(=O)[C@H]2CC(=O)N(c3ccc(C)cc3)C2)s1. The van der Waals surface area contributed by atoms with E-state index in [0.29, 0.717) is 16.9 Å². The molecule has 138 valence electrons. The third kappa shape index (κ3) is 4.42. The lowest BCUT2D eigenvalue weighted by Crippen LogP contribution is -2.28. The maximum absolute atomic E-state index is 12.5. The van der Waals surface area contributed by atoms with Crippen molar-refractivity contribution in [2.24, 2.45) is 5.92 Å². The number of thioether (sulfide) groups is 1. The summed E-state index contributed by atoms with van der Waals surface area (Å²) in [5.74, 6) is -0.582. The molecule has 8 heteroatoms. The molecule has 0 radical (unpaired) electrons. The molecule has 0 unspecified atom stereocenters. The van der Waals surface area contributed by atoms with Gasteiger partial charge in [-0.25, -0.2) is 0 Å². The van der Waals surface area contributed by atoms with Crippen molar-refractivity contribution in [1.82, 2.24) is 10.2 Å². The summed E-state index contributed by atoms with van der Waals surface area (Å²) in [6.07, 6.45) is 1.26. The molecule has 1 aromatic carbocycles. The fourth-order valence-corrected chi connectivity index (χ4v) is 4.63. The molecule has 1 aliphatic heterocycles. The first-order valence-corrected chi connectivity index (χ1v) is 10.3. The van der Waals surface area contributed by atoms with Crippen molar-refractivity contribution in [3.8, 4) is 0 Å². The van der Waals surface area contributed by atoms with Gasteiger partial charge in [0.15, 0.2) is 4.34 Å². The first-order valence-electron chi connectivity index (χ1n) is 8.64. The highest BCUT2D eigenvalue weighted by atomic mass is 32.2. The van der Waals surface area contributed by atoms with Crippen LogP contribution in [0.3, 0.4) is 0 Å². The Kier molecular flexibility index (Phi) is 5.93. The summed E-state index contributed by atoms with van der Waals surface area (Å²) in [7, 11) is 0. The normalized spacial score (nSPS) is 18.2. The predicted molar refractivity (Wildman–Crippen MR) is 106 cm³/mol. The van der Waals surface area contributed by atoms with Crippen molar-refractivity contribution in [3.05, 3.63) is 29.8 Å². The van der Waals surface area contributed by atoms with Gasteiger partial charge in [-0.15, -0.1) is 10.2 Å². The summed E-state index contributed by atoms with van der Waals surface area (Å²) in [4.78, 5) is 26.5. The Labute approximate surface area is 161 Å². The van der Waals surface area contributed by atoms with Gasteiger partial charge >= 0.3 is 0 Å². The molecule has 1 aromatic heterocycles. The molecule has 0 spiro atoms. The van der Waals surface area contributed by atoms with Gasteiger partial charge in [0.05, 0.1) is 5.92 Å². The van der Waals surface area contributed by atoms with Gasteiger partial charge in [0.1, 0.15) is 0 Å². The second-order valence-corrected chi connectivity index (χ2v) is 9.10. The van der Waals surface area contributed by atoms with E-state index in [1.807, 2.05) is 31.2 Å². The molecular formula is C18H22N4O2S2. The molecule has 1 aliphatic rings. The predicted octanol–water partition coefficient (Wildman–Crippen LogP) is 3.73. The molecule has 1 N–H and O–H groups in total. The van der Waals surface area contributed by atoms with Crippen LogP contribution in [-0.2, 0) is 9.59 Å². The van der Waals surface area contributed by atoms with Crippen molar-refractivity contribution >= 4 is 45.7 Å². The zero-order chi connectivity index (χ0) is 18.7. The Morgan fingerprint density at radius 3 is 2.81 bits per heavy atom. The van der Waals surface area contributed by atoms with Crippen LogP contribution in [0.4, 0.5) is 10.8 Å². The number of anilines is 2. The van der Waals surface area contributed by atoms with Crippen molar-refractivity contribution < 1.29 is 9.59 Å². The summed E-state index contributed by atoms with van der Waals surface area (Å²) < 4.78 is 0.846. The van der Waals surface area contributed by atoms with E-state index < -0.39 is 0 Å². The van der Waals surface area contributed by atoms with Crippen LogP contribution in [0.5, 0.6) is 0 Å². The maximum Gasteiger partial charge on any atom is 0.231 e. The van der Waals surface area contributed by atoms with E-state index in [9.17, 15) is 9.59 Å². The highest BCUT2D eigenvalue weighted by Crippen LogP contribution is 2.31. The first-order chi connectivity index (χ1) is 12.5. The Hall–Kier alpha value is -1.93. The molecule has 0 bridgehead atoms. The number of benzene rings is 1. The van der Waals surface area contributed by atoms with E-state index in [-0.39, 0.29) is 24.2 Å². The Morgan fingerprint density at radius 1 is 1.38 bits per heavy atom. The quantitative estimate of drug-likeness (QED) is 0.601. The number of hydrogen-bond acceptors (Lipinski definition) is 6. The second-order valence-electron chi connectivity index (χ2n) is 6.44. The minimum atomic E-state index is -0.377. The van der Waals surface area contributed by atoms with Gasteiger partial charge in [-0.2, -0.15) is 0 Å². The van der Waals surface area contributed by atoms with Crippen molar-refractivity contribution in [3.63, 3.8) is 0 Å². The largest absolute Gasteiger partial charge is 0.312 e. The highest BCUT2D eigenvalue weighted by Gasteiger charge is 2.35. The van der Waals surface area contributed by atoms with Gasteiger partial charge in [-0.05, 0) is 25.5 Å². The molecule has 2 atom stereocenters. The number of carbonyl (C=O) groups excluding carboxylic acids is 2. The second kappa shape index (κ2) is 8.18. The molecule has 1 fully saturated rings. The van der Waals surface area contributed by atoms with Crippen molar-refractivity contribution in [2.75, 3.05) is 16.8 Å². The number of amides is 2. The third-order valence-corrected chi connectivity index (χ3v) is 6.55. The van der Waals surface area contributed by atoms with E-state index in [0.717, 1.165) is 22.0 Å². The summed E-state index contributed by atoms with van der Waals surface area (Å²) in [5.41, 5.74) is 1.97. The van der Waals surface area contributed by atoms with E-state index in [1.165, 1.54) is 11.3 Å². The van der Waals surface area contributed by atoms with E-state index in [1.54, 1.807) is 16.7 Å². The number of aryl methyl sites for hydroxylation is 1. The van der Waals surface area contributed by atoms with Crippen molar-refractivity contribution in [2.45, 2.75) is 43.2 Å². The van der Waals surface area contributed by atoms with Crippen LogP contribution >= 0.6 is 23.1 Å². The molecule has 0 saturated carbocycles. The number of carbonyl (C=O) groups is 2. The Morgan fingerprint density at radius 2 is 2.12 bits per heavy atom. The number of nitrogens with one attached hydrogen (secondary N) is 1. The molecule has 6 nitrogen and oxygen atoms in total. The number of hydrogen-bond donors (Lipinski definition) is 1. The summed E-state index contributed by atoms with van der Waals surface area (Å²) in [6.45, 7) is 6.65. The Balaban J connectivity index is 1.60. The van der Waals surface area contributed by atoms with Gasteiger partial charge < -0.3 is 10.2 Å². The molecule has 2 amide bonds. The average Bonchev–Trinajstić information content (AvgIpc) is 3.22. The van der Waals surface area contributed by atoms with Gasteiger partial charge in [0.25, 0.3) is 0 Å². The van der Waals surface area contributed by atoms with Gasteiger partial charge in [-0.3, -0.25) is 9.59 Å². The summed E-state index contributed by atoms with van der Waals surface area (Å²) in [5, 5.41) is 11.9. The third-order valence-electron chi connectivity index (χ3n) is 4.35. The van der Waals surface area contributed by atoms with Crippen LogP contribution in [0.25, 0.3) is 0 Å². The molecule has 1 saturated heterocycles. The smallest absolute Gasteiger partial charge is 0.231 e. The molecule has 2 aromatic rings. The zero-order valence-electron chi connectivity index (χ0n) is 15.1. The molecular weight excluding hydrogens is 368 g/mol. The van der Waals surface area contributed by atoms with Gasteiger partial charge in [-0.1, -0.05) is 54.6 Å². The van der Waals surface area contributed by atoms with Gasteiger partial charge in [0, 0.05) is 23.9 Å². The molecule has 3 rings (SSSR count). The highest BCUT2D eigenvalue weighted by molar-refractivity contribution is 8.01. The van der Waals surface area contributed by atoms with Crippen LogP contribution in [-0.4, -0.2) is 33.8 Å². The maximum atomic E-state index is 12.5. The lowest BCUT2D eigenvalue weighted by molar-refractivity contribution is -0.122. The minimum absolute atomic E-state index is 0.0284. The lowest BCUT2D eigenvalue weighted by Gasteiger charge is -2.16. The first kappa shape index (κ1) is 18.8. The zero-order valence-corrected chi connectivity index (χ0v) is 16.7. The van der Waals surface area contributed by atoms with Crippen LogP contribution in [0.1, 0.15) is 32.3 Å². The van der Waals surface area contributed by atoms with Crippen LogP contribution in [0.2, 0.25) is 0 Å². The topological polar surface area (TPSA) is 75.2 Å². The monoisotopic (exact) mass is 390 g/mol. The number of nitrogens with zero attached hydrogens (tertiary/aromatic N) is 3. The van der Waals surface area contributed by atoms with Crippen molar-refractivity contribution in [1.29, 1.82) is 0 Å². The summed E-state index contributed by atoms with van der Waals surface area (Å²) >= 11 is 3.03. The fraction of sp³-hybridized carbons (Fsp3) is 0.444. The fourth-order valence-electron chi connectivity index (χ4n) is 2.63. The van der Waals surface area contributed by atoms with Crippen LogP contribution in [0.15, 0.2) is 28.6 Å². The molecule has 0 aliphatic carbocycles. The number of aromatic nitrogens is 2. The van der Waals surface area contributed by atoms with Crippen LogP contribution in [0, 0.1) is 12.8 Å². The molecule has 26 heavy (non-hydrogen) atoms. The number of rotatable bonds is 6. The summed E-state index contributed by atoms with van der Waals surface area (Å²) in [6, 6.07) is 7.76. The van der Waals surface area contributed by atoms with E-state index in [4.69, 9.17) is 0 Å². The standard InChI is InChI=1S/C18H22N4O2S2/c1-4-12(3)25-18-21-20-17(26-18)19-16(24)13-9-15(23)22(10-13)14-7-5-11(2)6-8-14/h5-8,12-13H,4,9-10H2,1-3H3,(H,19,20,24)/t12-,13+/m1/s1. The van der Waals surface area contributed by atoms with E-state index in [2.05, 4.69) is 29.4 Å².